The van der Waals surface area contributed by atoms with E-state index in [-0.39, 0.29) is 18.2 Å². The molecule has 1 aliphatic carbocycles. The van der Waals surface area contributed by atoms with E-state index < -0.39 is 5.66 Å². The number of rotatable bonds is 4. The summed E-state index contributed by atoms with van der Waals surface area (Å²) in [4.78, 5) is 32.7. The van der Waals surface area contributed by atoms with Crippen molar-refractivity contribution < 1.29 is 9.59 Å². The Labute approximate surface area is 175 Å². The molecule has 2 aromatic rings. The van der Waals surface area contributed by atoms with E-state index in [1.54, 1.807) is 47.4 Å². The number of hydrogen-bond donors (Lipinski definition) is 0. The normalized spacial score (nSPS) is 17.0. The van der Waals surface area contributed by atoms with Crippen LogP contribution in [0.25, 0.3) is 0 Å². The zero-order valence-electron chi connectivity index (χ0n) is 16.7. The molecule has 0 atom stereocenters. The predicted octanol–water partition coefficient (Wildman–Crippen LogP) is 3.52. The average molecular weight is 396 g/mol. The Morgan fingerprint density at radius 2 is 1.80 bits per heavy atom. The largest absolute Gasteiger partial charge is 0.305 e. The van der Waals surface area contributed by atoms with Crippen LogP contribution in [-0.2, 0) is 4.79 Å². The van der Waals surface area contributed by atoms with Crippen molar-refractivity contribution in [1.82, 2.24) is 4.90 Å². The van der Waals surface area contributed by atoms with Crippen LogP contribution < -0.4 is 0 Å². The highest BCUT2D eigenvalue weighted by Gasteiger charge is 2.49. The molecule has 1 aliphatic heterocycles. The highest BCUT2D eigenvalue weighted by atomic mass is 16.2. The van der Waals surface area contributed by atoms with Gasteiger partial charge in [0.2, 0.25) is 0 Å². The zero-order chi connectivity index (χ0) is 21.3. The number of Topliss-reactive ketones (excluding diaryl/α,β-unsaturated/α-hetero) is 1. The van der Waals surface area contributed by atoms with Crippen molar-refractivity contribution in [2.75, 3.05) is 6.54 Å². The van der Waals surface area contributed by atoms with Crippen molar-refractivity contribution in [1.29, 1.82) is 10.5 Å². The van der Waals surface area contributed by atoms with Gasteiger partial charge < -0.3 is 4.90 Å². The van der Waals surface area contributed by atoms with Crippen LogP contribution in [0.1, 0.15) is 58.3 Å². The highest BCUT2D eigenvalue weighted by molar-refractivity contribution is 6.47. The van der Waals surface area contributed by atoms with Crippen molar-refractivity contribution in [3.63, 3.8) is 0 Å². The van der Waals surface area contributed by atoms with Crippen LogP contribution in [0.15, 0.2) is 47.5 Å². The number of aliphatic imine (C=N–C) groups is 1. The van der Waals surface area contributed by atoms with Gasteiger partial charge in [0, 0.05) is 11.1 Å². The molecule has 2 aliphatic rings. The van der Waals surface area contributed by atoms with E-state index in [2.05, 4.69) is 12.1 Å². The van der Waals surface area contributed by atoms with Gasteiger partial charge in [-0.3, -0.25) is 14.6 Å². The quantitative estimate of drug-likeness (QED) is 0.739. The molecule has 6 nitrogen and oxygen atoms in total. The lowest BCUT2D eigenvalue weighted by Crippen LogP contribution is -2.47. The number of hydrogen-bond acceptors (Lipinski definition) is 5. The van der Waals surface area contributed by atoms with E-state index in [0.29, 0.717) is 28.0 Å². The van der Waals surface area contributed by atoms with Crippen LogP contribution in [0.3, 0.4) is 0 Å². The topological polar surface area (TPSA) is 97.3 Å². The molecule has 30 heavy (non-hydrogen) atoms. The van der Waals surface area contributed by atoms with Crippen LogP contribution in [0, 0.1) is 29.6 Å². The third-order valence-electron chi connectivity index (χ3n) is 5.94. The van der Waals surface area contributed by atoms with E-state index in [4.69, 9.17) is 10.3 Å². The first-order valence-corrected chi connectivity index (χ1v) is 9.94. The van der Waals surface area contributed by atoms with Crippen LogP contribution in [0.4, 0.5) is 0 Å². The fourth-order valence-corrected chi connectivity index (χ4v) is 4.22. The van der Waals surface area contributed by atoms with Gasteiger partial charge in [0.25, 0.3) is 5.91 Å². The van der Waals surface area contributed by atoms with Gasteiger partial charge in [-0.25, -0.2) is 0 Å². The van der Waals surface area contributed by atoms with Crippen molar-refractivity contribution in [2.24, 2.45) is 4.99 Å². The summed E-state index contributed by atoms with van der Waals surface area (Å²) in [6.45, 7) is 1.75. The van der Waals surface area contributed by atoms with Gasteiger partial charge in [0.1, 0.15) is 11.4 Å². The Hall–Kier alpha value is -3.77. The second-order valence-electron chi connectivity index (χ2n) is 7.80. The Balaban J connectivity index is 1.64. The SMILES string of the molecule is Cc1ccc(C(=O)CN2C(=O)C(c3ccc(C#N)cc3)=NC23CCCC3)cc1C#N. The fraction of sp³-hybridized carbons (Fsp3) is 0.292. The summed E-state index contributed by atoms with van der Waals surface area (Å²) in [5.74, 6) is -0.468. The summed E-state index contributed by atoms with van der Waals surface area (Å²) in [5.41, 5.74) is 2.52. The average Bonchev–Trinajstić information content (AvgIpc) is 3.34. The molecule has 1 fully saturated rings. The van der Waals surface area contributed by atoms with Gasteiger partial charge in [-0.2, -0.15) is 10.5 Å². The van der Waals surface area contributed by atoms with Crippen molar-refractivity contribution in [3.05, 3.63) is 70.3 Å². The monoisotopic (exact) mass is 396 g/mol. The Bertz CT molecular complexity index is 1140. The summed E-state index contributed by atoms with van der Waals surface area (Å²) >= 11 is 0. The number of nitriles is 2. The maximum Gasteiger partial charge on any atom is 0.275 e. The third kappa shape index (κ3) is 3.27. The number of nitrogens with zero attached hydrogens (tertiary/aromatic N) is 4. The number of aryl methyl sites for hydroxylation is 1. The minimum absolute atomic E-state index is 0.0734. The molecule has 1 saturated carbocycles. The third-order valence-corrected chi connectivity index (χ3v) is 5.94. The molecule has 0 unspecified atom stereocenters. The van der Waals surface area contributed by atoms with Gasteiger partial charge in [0.15, 0.2) is 5.78 Å². The van der Waals surface area contributed by atoms with E-state index in [0.717, 1.165) is 31.2 Å². The minimum atomic E-state index is -0.682. The molecule has 148 valence electrons. The molecule has 1 heterocycles. The number of amides is 1. The molecule has 0 N–H and O–H groups in total. The number of benzene rings is 2. The maximum absolute atomic E-state index is 13.3. The Morgan fingerprint density at radius 1 is 1.10 bits per heavy atom. The second-order valence-corrected chi connectivity index (χ2v) is 7.80. The van der Waals surface area contributed by atoms with Crippen LogP contribution >= 0.6 is 0 Å². The molecule has 4 rings (SSSR count). The van der Waals surface area contributed by atoms with Gasteiger partial charge in [-0.05, 0) is 56.4 Å². The highest BCUT2D eigenvalue weighted by Crippen LogP contribution is 2.41. The van der Waals surface area contributed by atoms with Gasteiger partial charge in [0.05, 0.1) is 29.8 Å². The summed E-state index contributed by atoms with van der Waals surface area (Å²) in [5, 5.41) is 18.3. The lowest BCUT2D eigenvalue weighted by atomic mass is 10.0. The van der Waals surface area contributed by atoms with E-state index in [1.807, 2.05) is 6.92 Å². The fourth-order valence-electron chi connectivity index (χ4n) is 4.22. The van der Waals surface area contributed by atoms with Crippen LogP contribution in [0.2, 0.25) is 0 Å². The molecular weight excluding hydrogens is 376 g/mol. The van der Waals surface area contributed by atoms with Gasteiger partial charge in [-0.15, -0.1) is 0 Å². The second kappa shape index (κ2) is 7.57. The molecule has 6 heteroatoms. The van der Waals surface area contributed by atoms with Crippen LogP contribution in [0.5, 0.6) is 0 Å². The summed E-state index contributed by atoms with van der Waals surface area (Å²) in [6.07, 6.45) is 3.35. The molecule has 0 radical (unpaired) electrons. The van der Waals surface area contributed by atoms with E-state index in [9.17, 15) is 14.9 Å². The first-order valence-electron chi connectivity index (χ1n) is 9.94. The summed E-state index contributed by atoms with van der Waals surface area (Å²) in [6, 6.07) is 16.0. The van der Waals surface area contributed by atoms with Crippen LogP contribution in [-0.4, -0.2) is 34.5 Å². The van der Waals surface area contributed by atoms with Crippen molar-refractivity contribution in [2.45, 2.75) is 38.3 Å². The van der Waals surface area contributed by atoms with E-state index in [1.165, 1.54) is 0 Å². The lowest BCUT2D eigenvalue weighted by molar-refractivity contribution is -0.127. The summed E-state index contributed by atoms with van der Waals surface area (Å²) in [7, 11) is 0. The Kier molecular flexibility index (Phi) is 4.93. The number of carbonyl (C=O) groups is 2. The van der Waals surface area contributed by atoms with Gasteiger partial charge >= 0.3 is 0 Å². The van der Waals surface area contributed by atoms with E-state index >= 15 is 0 Å². The molecule has 0 bridgehead atoms. The smallest absolute Gasteiger partial charge is 0.275 e. The zero-order valence-corrected chi connectivity index (χ0v) is 16.7. The maximum atomic E-state index is 13.3. The molecule has 1 spiro atoms. The first kappa shape index (κ1) is 19.5. The molecular formula is C24H20N4O2. The minimum Gasteiger partial charge on any atom is -0.305 e. The number of ketones is 1. The summed E-state index contributed by atoms with van der Waals surface area (Å²) < 4.78 is 0. The van der Waals surface area contributed by atoms with Crippen molar-refractivity contribution >= 4 is 17.4 Å². The molecule has 0 saturated heterocycles. The lowest BCUT2D eigenvalue weighted by Gasteiger charge is -2.32. The number of carbonyl (C=O) groups excluding carboxylic acids is 2. The molecule has 2 aromatic carbocycles. The Morgan fingerprint density at radius 3 is 2.43 bits per heavy atom. The standard InChI is InChI=1S/C24H20N4O2/c1-16-4-7-19(12-20(16)14-26)21(29)15-28-23(30)22(27-24(28)10-2-3-11-24)18-8-5-17(13-25)6-9-18/h4-9,12H,2-3,10-11,15H2,1H3. The molecule has 1 amide bonds. The predicted molar refractivity (Wildman–Crippen MR) is 111 cm³/mol. The van der Waals surface area contributed by atoms with Crippen molar-refractivity contribution in [3.8, 4) is 12.1 Å². The first-order chi connectivity index (χ1) is 14.5. The molecule has 0 aromatic heterocycles. The van der Waals surface area contributed by atoms with Gasteiger partial charge in [-0.1, -0.05) is 24.3 Å².